The zero-order valence-corrected chi connectivity index (χ0v) is 24.8. The molecule has 0 spiro atoms. The number of ether oxygens (including phenoxy) is 1. The van der Waals surface area contributed by atoms with Crippen LogP contribution in [0, 0.1) is 23.2 Å². The van der Waals surface area contributed by atoms with Crippen molar-refractivity contribution < 1.29 is 18.8 Å². The van der Waals surface area contributed by atoms with Crippen LogP contribution in [0.2, 0.25) is 0 Å². The molecule has 3 N–H and O–H groups in total. The van der Waals surface area contributed by atoms with E-state index in [1.54, 1.807) is 0 Å². The number of thiophene rings is 1. The molecule has 3 unspecified atom stereocenters. The van der Waals surface area contributed by atoms with Crippen molar-refractivity contribution in [2.75, 3.05) is 43.4 Å². The molecule has 12 nitrogen and oxygen atoms in total. The number of aryl methyl sites for hydroxylation is 1. The van der Waals surface area contributed by atoms with E-state index in [-0.39, 0.29) is 29.8 Å². The van der Waals surface area contributed by atoms with Gasteiger partial charge in [-0.25, -0.2) is 4.39 Å². The molecule has 4 fully saturated rings. The van der Waals surface area contributed by atoms with Gasteiger partial charge in [-0.1, -0.05) is 5.16 Å². The maximum Gasteiger partial charge on any atom is 0.321 e. The number of nitrogens with two attached hydrogens (primary N) is 1. The summed E-state index contributed by atoms with van der Waals surface area (Å²) in [6, 6.07) is 2.39. The van der Waals surface area contributed by atoms with Gasteiger partial charge < -0.3 is 25.0 Å². The minimum absolute atomic E-state index is 0.117. The normalized spacial score (nSPS) is 33.1. The summed E-state index contributed by atoms with van der Waals surface area (Å²) in [6.45, 7) is 4.73. The fraction of sp³-hybridized carbons (Fsp3) is 0.655. The first-order chi connectivity index (χ1) is 20.8. The highest BCUT2D eigenvalue weighted by Crippen LogP contribution is 2.49. The van der Waals surface area contributed by atoms with Crippen LogP contribution in [0.3, 0.4) is 0 Å². The van der Waals surface area contributed by atoms with Crippen LogP contribution in [0.1, 0.15) is 67.3 Å². The number of aliphatic hydroxyl groups is 1. The number of anilines is 2. The van der Waals surface area contributed by atoms with Crippen molar-refractivity contribution in [3.05, 3.63) is 21.9 Å². The van der Waals surface area contributed by atoms with Gasteiger partial charge in [0.25, 0.3) is 0 Å². The summed E-state index contributed by atoms with van der Waals surface area (Å²) in [5, 5.41) is 25.3. The molecule has 3 aromatic heterocycles. The van der Waals surface area contributed by atoms with E-state index in [2.05, 4.69) is 26.1 Å². The SMILES string of the molecule is C[C@]1(c2nc(-c3nc(OCC45CCCN4C[C@H](F)C5)nc(N4CC5CC5[C@@H](O)C4)n3)no2)CCCc2sc(N)c(C#N)c21. The Hall–Kier alpha value is -3.41. The van der Waals surface area contributed by atoms with E-state index in [1.807, 2.05) is 11.8 Å². The van der Waals surface area contributed by atoms with E-state index in [1.165, 1.54) is 11.3 Å². The lowest BCUT2D eigenvalue weighted by Crippen LogP contribution is -2.44. The Kier molecular flexibility index (Phi) is 6.19. The Morgan fingerprint density at radius 2 is 2.07 bits per heavy atom. The van der Waals surface area contributed by atoms with Gasteiger partial charge in [0.2, 0.25) is 23.5 Å². The summed E-state index contributed by atoms with van der Waals surface area (Å²) in [5.74, 6) is 1.88. The van der Waals surface area contributed by atoms with Gasteiger partial charge in [0.1, 0.15) is 23.8 Å². The smallest absolute Gasteiger partial charge is 0.321 e. The molecule has 0 radical (unpaired) electrons. The molecule has 3 saturated heterocycles. The van der Waals surface area contributed by atoms with Crippen molar-refractivity contribution in [1.29, 1.82) is 5.26 Å². The van der Waals surface area contributed by atoms with Crippen molar-refractivity contribution in [2.45, 2.75) is 75.1 Å². The fourth-order valence-electron chi connectivity index (χ4n) is 7.98. The third-order valence-corrected chi connectivity index (χ3v) is 11.4. The zero-order valence-electron chi connectivity index (χ0n) is 24.0. The summed E-state index contributed by atoms with van der Waals surface area (Å²) in [6.07, 6.45) is 4.47. The number of fused-ring (bicyclic) bond motifs is 3. The summed E-state index contributed by atoms with van der Waals surface area (Å²) in [5.41, 5.74) is 6.51. The maximum atomic E-state index is 14.4. The summed E-state index contributed by atoms with van der Waals surface area (Å²) in [7, 11) is 0. The minimum Gasteiger partial charge on any atom is -0.461 e. The molecule has 14 heteroatoms. The number of nitrogens with zero attached hydrogens (tertiary/aromatic N) is 8. The van der Waals surface area contributed by atoms with Gasteiger partial charge >= 0.3 is 6.01 Å². The molecular weight excluding hydrogens is 573 g/mol. The molecular formula is C29H34FN9O3S. The Labute approximate surface area is 252 Å². The van der Waals surface area contributed by atoms with Gasteiger partial charge in [-0.05, 0) is 63.8 Å². The highest BCUT2D eigenvalue weighted by Gasteiger charge is 2.50. The topological polar surface area (TPSA) is 163 Å². The van der Waals surface area contributed by atoms with Crippen molar-refractivity contribution in [2.24, 2.45) is 11.8 Å². The number of aliphatic hydroxyl groups excluding tert-OH is 1. The number of aromatic nitrogens is 5. The molecule has 2 aliphatic carbocycles. The van der Waals surface area contributed by atoms with Crippen LogP contribution in [0.4, 0.5) is 15.3 Å². The lowest BCUT2D eigenvalue weighted by atomic mass is 9.72. The first kappa shape index (κ1) is 27.2. The largest absolute Gasteiger partial charge is 0.461 e. The molecule has 6 heterocycles. The molecule has 6 atom stereocenters. The van der Waals surface area contributed by atoms with Gasteiger partial charge in [0, 0.05) is 36.5 Å². The number of piperidine rings is 1. The average Bonchev–Trinajstić information content (AvgIpc) is 3.27. The molecule has 8 rings (SSSR count). The van der Waals surface area contributed by atoms with Crippen LogP contribution in [0.5, 0.6) is 6.01 Å². The number of nitrogen functional groups attached to an aromatic ring is 1. The van der Waals surface area contributed by atoms with Gasteiger partial charge in [-0.15, -0.1) is 11.3 Å². The van der Waals surface area contributed by atoms with Crippen molar-refractivity contribution in [3.63, 3.8) is 0 Å². The van der Waals surface area contributed by atoms with E-state index < -0.39 is 17.7 Å². The molecule has 0 amide bonds. The van der Waals surface area contributed by atoms with Crippen LogP contribution >= 0.6 is 11.3 Å². The maximum absolute atomic E-state index is 14.4. The highest BCUT2D eigenvalue weighted by molar-refractivity contribution is 7.16. The molecule has 3 aliphatic heterocycles. The van der Waals surface area contributed by atoms with E-state index in [0.29, 0.717) is 53.7 Å². The Balaban J connectivity index is 1.14. The second kappa shape index (κ2) is 9.80. The van der Waals surface area contributed by atoms with Crippen LogP contribution in [-0.2, 0) is 11.8 Å². The fourth-order valence-corrected chi connectivity index (χ4v) is 9.17. The Morgan fingerprint density at radius 3 is 2.91 bits per heavy atom. The summed E-state index contributed by atoms with van der Waals surface area (Å²) in [4.78, 5) is 24.0. The van der Waals surface area contributed by atoms with E-state index in [4.69, 9.17) is 25.0 Å². The minimum atomic E-state index is -0.866. The third-order valence-electron chi connectivity index (χ3n) is 10.3. The third kappa shape index (κ3) is 4.38. The number of alkyl halides is 1. The number of hydrogen-bond acceptors (Lipinski definition) is 13. The van der Waals surface area contributed by atoms with Gasteiger partial charge in [0.05, 0.1) is 22.6 Å². The lowest BCUT2D eigenvalue weighted by Gasteiger charge is -2.31. The zero-order chi connectivity index (χ0) is 29.5. The first-order valence-electron chi connectivity index (χ1n) is 15.1. The quantitative estimate of drug-likeness (QED) is 0.422. The molecule has 0 aromatic carbocycles. The monoisotopic (exact) mass is 607 g/mol. The standard InChI is InChI=1S/C29H34FN9O3S/c1-28(5-2-4-20-21(28)18(10-31)22(32)43-20)25-33-24(37-42-25)23-34-26(38-11-15-8-17(15)19(40)13-38)36-27(35-23)41-14-29-6-3-7-39(29)12-16(30)9-29/h15-17,19,40H,2-9,11-14,32H2,1H3/t15?,16-,17?,19+,28+,29?/m1/s1. The molecule has 43 heavy (non-hydrogen) atoms. The number of nitriles is 1. The highest BCUT2D eigenvalue weighted by atomic mass is 32.1. The van der Waals surface area contributed by atoms with E-state index in [9.17, 15) is 14.8 Å². The molecule has 0 bridgehead atoms. The van der Waals surface area contributed by atoms with Crippen molar-refractivity contribution >= 4 is 22.3 Å². The van der Waals surface area contributed by atoms with E-state index in [0.717, 1.165) is 62.1 Å². The van der Waals surface area contributed by atoms with Gasteiger partial charge in [-0.2, -0.15) is 25.2 Å². The molecule has 3 aromatic rings. The van der Waals surface area contributed by atoms with Crippen molar-refractivity contribution in [3.8, 4) is 23.7 Å². The van der Waals surface area contributed by atoms with E-state index >= 15 is 0 Å². The van der Waals surface area contributed by atoms with Gasteiger partial charge in [-0.3, -0.25) is 4.90 Å². The summed E-state index contributed by atoms with van der Waals surface area (Å²) >= 11 is 1.45. The Bertz CT molecular complexity index is 1620. The Morgan fingerprint density at radius 1 is 1.19 bits per heavy atom. The van der Waals surface area contributed by atoms with Crippen LogP contribution < -0.4 is 15.4 Å². The molecule has 226 valence electrons. The second-order valence-electron chi connectivity index (χ2n) is 13.1. The average molecular weight is 608 g/mol. The van der Waals surface area contributed by atoms with Gasteiger partial charge in [0.15, 0.2) is 0 Å². The number of halogens is 1. The lowest BCUT2D eigenvalue weighted by molar-refractivity contribution is 0.107. The predicted octanol–water partition coefficient (Wildman–Crippen LogP) is 2.85. The number of hydrogen-bond donors (Lipinski definition) is 2. The second-order valence-corrected chi connectivity index (χ2v) is 14.2. The first-order valence-corrected chi connectivity index (χ1v) is 16.0. The van der Waals surface area contributed by atoms with Crippen LogP contribution in [0.25, 0.3) is 11.6 Å². The number of β-amino-alcohol motifs (C(OH)–C–C–N with tert-alkyl or cyclic N) is 1. The van der Waals surface area contributed by atoms with Crippen LogP contribution in [0.15, 0.2) is 4.52 Å². The predicted molar refractivity (Wildman–Crippen MR) is 154 cm³/mol. The molecule has 5 aliphatic rings. The number of rotatable bonds is 6. The van der Waals surface area contributed by atoms with Crippen LogP contribution in [-0.4, -0.2) is 85.7 Å². The molecule has 1 saturated carbocycles. The summed E-state index contributed by atoms with van der Waals surface area (Å²) < 4.78 is 26.5. The van der Waals surface area contributed by atoms with Crippen molar-refractivity contribution in [1.82, 2.24) is 30.0 Å².